The van der Waals surface area contributed by atoms with Gasteiger partial charge in [-0.15, -0.1) is 11.6 Å². The van der Waals surface area contributed by atoms with Gasteiger partial charge in [-0.1, -0.05) is 38.7 Å². The van der Waals surface area contributed by atoms with Crippen molar-refractivity contribution in [3.8, 4) is 17.6 Å². The number of rotatable bonds is 4. The maximum atomic E-state index is 5.74. The van der Waals surface area contributed by atoms with Crippen LogP contribution in [-0.4, -0.2) is 12.5 Å². The second-order valence-corrected chi connectivity index (χ2v) is 5.81. The number of hydrogen-bond donors (Lipinski definition) is 0. The Morgan fingerprint density at radius 2 is 2.06 bits per heavy atom. The molecule has 0 amide bonds. The average molecular weight is 265 g/mol. The Hall–Kier alpha value is -1.13. The summed E-state index contributed by atoms with van der Waals surface area (Å²) in [7, 11) is 0. The van der Waals surface area contributed by atoms with Crippen LogP contribution in [-0.2, 0) is 0 Å². The molecule has 98 valence electrons. The van der Waals surface area contributed by atoms with E-state index < -0.39 is 0 Å². The van der Waals surface area contributed by atoms with Gasteiger partial charge in [0, 0.05) is 17.9 Å². The topological polar surface area (TPSA) is 9.23 Å². The van der Waals surface area contributed by atoms with Gasteiger partial charge in [0.2, 0.25) is 0 Å². The normalized spacial score (nSPS) is 10.7. The molecule has 0 radical (unpaired) electrons. The fourth-order valence-corrected chi connectivity index (χ4v) is 1.45. The van der Waals surface area contributed by atoms with E-state index in [2.05, 4.69) is 32.6 Å². The maximum Gasteiger partial charge on any atom is 0.120 e. The van der Waals surface area contributed by atoms with Gasteiger partial charge >= 0.3 is 0 Å². The summed E-state index contributed by atoms with van der Waals surface area (Å²) in [6.07, 6.45) is 1.76. The number of ether oxygens (including phenoxy) is 1. The molecule has 0 atom stereocenters. The first-order chi connectivity index (χ1) is 8.51. The molecule has 0 aliphatic rings. The molecule has 2 heteroatoms. The van der Waals surface area contributed by atoms with Crippen LogP contribution < -0.4 is 4.74 Å². The van der Waals surface area contributed by atoms with Gasteiger partial charge in [-0.3, -0.25) is 0 Å². The van der Waals surface area contributed by atoms with Crippen molar-refractivity contribution in [2.24, 2.45) is 5.41 Å². The summed E-state index contributed by atoms with van der Waals surface area (Å²) in [6, 6.07) is 7.90. The van der Waals surface area contributed by atoms with Gasteiger partial charge in [0.1, 0.15) is 5.75 Å². The van der Waals surface area contributed by atoms with Crippen LogP contribution in [0.2, 0.25) is 0 Å². The molecule has 18 heavy (non-hydrogen) atoms. The first-order valence-corrected chi connectivity index (χ1v) is 6.82. The molecule has 0 saturated heterocycles. The molecule has 0 spiro atoms. The zero-order valence-electron chi connectivity index (χ0n) is 11.4. The summed E-state index contributed by atoms with van der Waals surface area (Å²) in [5.74, 6) is 7.56. The highest BCUT2D eigenvalue weighted by Gasteiger charge is 2.09. The highest BCUT2D eigenvalue weighted by atomic mass is 35.5. The predicted molar refractivity (Wildman–Crippen MR) is 78.2 cm³/mol. The Balaban J connectivity index is 2.53. The minimum absolute atomic E-state index is 0.303. The van der Waals surface area contributed by atoms with Crippen molar-refractivity contribution >= 4 is 11.6 Å². The molecule has 0 aliphatic carbocycles. The van der Waals surface area contributed by atoms with Crippen molar-refractivity contribution < 1.29 is 4.74 Å². The molecule has 0 N–H and O–H groups in total. The van der Waals surface area contributed by atoms with Gasteiger partial charge in [-0.25, -0.2) is 0 Å². The molecule has 0 aliphatic heterocycles. The third kappa shape index (κ3) is 6.57. The van der Waals surface area contributed by atoms with Crippen molar-refractivity contribution in [2.45, 2.75) is 33.6 Å². The van der Waals surface area contributed by atoms with E-state index in [0.717, 1.165) is 30.8 Å². The molecule has 0 unspecified atom stereocenters. The van der Waals surface area contributed by atoms with E-state index in [-0.39, 0.29) is 0 Å². The summed E-state index contributed by atoms with van der Waals surface area (Å²) in [6.45, 7) is 7.38. The van der Waals surface area contributed by atoms with E-state index in [9.17, 15) is 0 Å². The van der Waals surface area contributed by atoms with Crippen LogP contribution in [0.4, 0.5) is 0 Å². The van der Waals surface area contributed by atoms with E-state index >= 15 is 0 Å². The Morgan fingerprint density at radius 1 is 1.28 bits per heavy atom. The first kappa shape index (κ1) is 14.9. The van der Waals surface area contributed by atoms with Gasteiger partial charge in [-0.2, -0.15) is 0 Å². The fraction of sp³-hybridized carbons (Fsp3) is 0.500. The molecule has 0 saturated carbocycles. The van der Waals surface area contributed by atoms with Gasteiger partial charge in [0.05, 0.1) is 6.61 Å². The number of hydrogen-bond acceptors (Lipinski definition) is 1. The largest absolute Gasteiger partial charge is 0.494 e. The Morgan fingerprint density at radius 3 is 2.72 bits per heavy atom. The lowest BCUT2D eigenvalue weighted by atomic mass is 9.93. The fourth-order valence-electron chi connectivity index (χ4n) is 1.35. The van der Waals surface area contributed by atoms with Crippen molar-refractivity contribution in [3.05, 3.63) is 29.8 Å². The number of alkyl halides is 1. The summed E-state index contributed by atoms with van der Waals surface area (Å²) in [5, 5.41) is 0. The van der Waals surface area contributed by atoms with Crippen LogP contribution in [0, 0.1) is 17.3 Å². The highest BCUT2D eigenvalue weighted by molar-refractivity contribution is 6.18. The molecule has 1 nitrogen and oxygen atoms in total. The molecule has 0 heterocycles. The van der Waals surface area contributed by atoms with Crippen molar-refractivity contribution in [2.75, 3.05) is 12.5 Å². The quantitative estimate of drug-likeness (QED) is 0.575. The third-order valence-corrected chi connectivity index (χ3v) is 2.60. The molecule has 0 aromatic heterocycles. The molecular formula is C16H21ClO. The molecule has 1 aromatic rings. The zero-order valence-corrected chi connectivity index (χ0v) is 12.2. The van der Waals surface area contributed by atoms with E-state index in [1.54, 1.807) is 0 Å². The van der Waals surface area contributed by atoms with Crippen molar-refractivity contribution in [1.82, 2.24) is 0 Å². The van der Waals surface area contributed by atoms with Crippen LogP contribution >= 0.6 is 11.6 Å². The van der Waals surface area contributed by atoms with Crippen LogP contribution in [0.25, 0.3) is 0 Å². The smallest absolute Gasteiger partial charge is 0.120 e. The van der Waals surface area contributed by atoms with E-state index in [1.807, 2.05) is 24.3 Å². The molecule has 1 rings (SSSR count). The summed E-state index contributed by atoms with van der Waals surface area (Å²) < 4.78 is 5.74. The SMILES string of the molecule is CC(C)(C)CCOc1cccc(C#CCCCl)c1. The first-order valence-electron chi connectivity index (χ1n) is 6.29. The van der Waals surface area contributed by atoms with Crippen molar-refractivity contribution in [3.63, 3.8) is 0 Å². The zero-order chi connectivity index (χ0) is 13.4. The number of benzene rings is 1. The monoisotopic (exact) mass is 264 g/mol. The predicted octanol–water partition coefficient (Wildman–Crippen LogP) is 4.48. The Kier molecular flexibility index (Phi) is 6.09. The van der Waals surface area contributed by atoms with E-state index in [4.69, 9.17) is 16.3 Å². The van der Waals surface area contributed by atoms with Gasteiger partial charge in [0.15, 0.2) is 0 Å². The second kappa shape index (κ2) is 7.34. The van der Waals surface area contributed by atoms with Crippen LogP contribution in [0.1, 0.15) is 39.2 Å². The van der Waals surface area contributed by atoms with Gasteiger partial charge < -0.3 is 4.74 Å². The number of halogens is 1. The molecule has 0 fully saturated rings. The lowest BCUT2D eigenvalue weighted by Gasteiger charge is -2.18. The summed E-state index contributed by atoms with van der Waals surface area (Å²) in [4.78, 5) is 0. The molecular weight excluding hydrogens is 244 g/mol. The maximum absolute atomic E-state index is 5.74. The second-order valence-electron chi connectivity index (χ2n) is 5.43. The van der Waals surface area contributed by atoms with Gasteiger partial charge in [0.25, 0.3) is 0 Å². The lowest BCUT2D eigenvalue weighted by molar-refractivity contribution is 0.243. The summed E-state index contributed by atoms with van der Waals surface area (Å²) in [5.41, 5.74) is 1.28. The van der Waals surface area contributed by atoms with E-state index in [0.29, 0.717) is 11.3 Å². The Labute approximate surface area is 115 Å². The third-order valence-electron chi connectivity index (χ3n) is 2.41. The van der Waals surface area contributed by atoms with Crippen LogP contribution in [0.15, 0.2) is 24.3 Å². The Bertz CT molecular complexity index is 421. The van der Waals surface area contributed by atoms with E-state index in [1.165, 1.54) is 0 Å². The van der Waals surface area contributed by atoms with Crippen LogP contribution in [0.3, 0.4) is 0 Å². The van der Waals surface area contributed by atoms with Crippen molar-refractivity contribution in [1.29, 1.82) is 0 Å². The van der Waals surface area contributed by atoms with Crippen LogP contribution in [0.5, 0.6) is 5.75 Å². The van der Waals surface area contributed by atoms with Gasteiger partial charge in [-0.05, 0) is 30.0 Å². The lowest BCUT2D eigenvalue weighted by Crippen LogP contribution is -2.11. The standard InChI is InChI=1S/C16H21ClO/c1-16(2,3)10-12-18-15-9-6-8-14(13-15)7-4-5-11-17/h6,8-9,13H,5,10-12H2,1-3H3. The molecule has 0 bridgehead atoms. The summed E-state index contributed by atoms with van der Waals surface area (Å²) >= 11 is 5.58. The minimum Gasteiger partial charge on any atom is -0.494 e. The minimum atomic E-state index is 0.303. The highest BCUT2D eigenvalue weighted by Crippen LogP contribution is 2.20. The molecule has 1 aromatic carbocycles. The average Bonchev–Trinajstić information content (AvgIpc) is 2.28.